The molecule has 0 amide bonds. The molecule has 6 heteroatoms. The maximum Gasteiger partial charge on any atom is 0.351 e. The van der Waals surface area contributed by atoms with E-state index in [1.54, 1.807) is 17.3 Å². The Bertz CT molecular complexity index is 656. The van der Waals surface area contributed by atoms with Crippen LogP contribution in [-0.2, 0) is 4.84 Å². The van der Waals surface area contributed by atoms with E-state index in [4.69, 9.17) is 10.6 Å². The molecule has 1 aliphatic rings. The van der Waals surface area contributed by atoms with Crippen LogP contribution in [0.1, 0.15) is 24.3 Å². The van der Waals surface area contributed by atoms with Gasteiger partial charge in [-0.3, -0.25) is 9.40 Å². The lowest BCUT2D eigenvalue weighted by atomic mass is 10.0. The first-order valence-corrected chi connectivity index (χ1v) is 6.44. The quantitative estimate of drug-likeness (QED) is 0.893. The number of hydrogen-bond donors (Lipinski definition) is 1. The topological polar surface area (TPSA) is 73.4 Å². The lowest BCUT2D eigenvalue weighted by Gasteiger charge is -2.17. The Hall–Kier alpha value is -2.18. The zero-order chi connectivity index (χ0) is 14.1. The van der Waals surface area contributed by atoms with Gasteiger partial charge in [0, 0.05) is 19.7 Å². The van der Waals surface area contributed by atoms with E-state index >= 15 is 0 Å². The van der Waals surface area contributed by atoms with Crippen LogP contribution in [0.3, 0.4) is 0 Å². The highest BCUT2D eigenvalue weighted by molar-refractivity contribution is 5.24. The Morgan fingerprint density at radius 2 is 2.05 bits per heavy atom. The molecule has 0 unspecified atom stereocenters. The minimum absolute atomic E-state index is 0.116. The number of anilines is 1. The van der Waals surface area contributed by atoms with E-state index in [1.165, 1.54) is 4.57 Å². The van der Waals surface area contributed by atoms with Crippen molar-refractivity contribution < 1.29 is 4.84 Å². The second-order valence-electron chi connectivity index (χ2n) is 4.81. The highest BCUT2D eigenvalue weighted by Crippen LogP contribution is 2.36. The highest BCUT2D eigenvalue weighted by atomic mass is 16.7. The molecule has 20 heavy (non-hydrogen) atoms. The van der Waals surface area contributed by atoms with Crippen LogP contribution in [0.15, 0.2) is 47.4 Å². The first-order valence-electron chi connectivity index (χ1n) is 6.44. The molecule has 3 rings (SSSR count). The van der Waals surface area contributed by atoms with Crippen molar-refractivity contribution in [1.82, 2.24) is 14.6 Å². The largest absolute Gasteiger partial charge is 0.383 e. The lowest BCUT2D eigenvalue weighted by molar-refractivity contribution is -0.167. The third-order valence-electron chi connectivity index (χ3n) is 3.50. The van der Waals surface area contributed by atoms with Crippen molar-refractivity contribution in [2.45, 2.75) is 18.7 Å². The van der Waals surface area contributed by atoms with Gasteiger partial charge in [-0.1, -0.05) is 30.3 Å². The van der Waals surface area contributed by atoms with Gasteiger partial charge in [0.2, 0.25) is 0 Å². The fourth-order valence-electron chi connectivity index (χ4n) is 2.48. The molecule has 0 spiro atoms. The third kappa shape index (κ3) is 2.31. The summed E-state index contributed by atoms with van der Waals surface area (Å²) in [6, 6.07) is 11.8. The number of hydrogen-bond acceptors (Lipinski definition) is 5. The molecule has 104 valence electrons. The van der Waals surface area contributed by atoms with Crippen molar-refractivity contribution in [2.75, 3.05) is 12.8 Å². The summed E-state index contributed by atoms with van der Waals surface area (Å²) in [7, 11) is 1.87. The van der Waals surface area contributed by atoms with Crippen molar-refractivity contribution in [2.24, 2.45) is 0 Å². The summed E-state index contributed by atoms with van der Waals surface area (Å²) in [4.78, 5) is 21.3. The molecule has 2 aromatic rings. The minimum Gasteiger partial charge on any atom is -0.383 e. The molecule has 2 heterocycles. The number of nitrogen functional groups attached to an aromatic ring is 1. The maximum absolute atomic E-state index is 11.9. The average molecular weight is 272 g/mol. The van der Waals surface area contributed by atoms with Gasteiger partial charge < -0.3 is 5.73 Å². The molecule has 0 aliphatic carbocycles. The second kappa shape index (κ2) is 5.07. The third-order valence-corrected chi connectivity index (χ3v) is 3.50. The molecule has 6 nitrogen and oxygen atoms in total. The number of benzene rings is 1. The van der Waals surface area contributed by atoms with Gasteiger partial charge >= 0.3 is 5.69 Å². The molecule has 0 bridgehead atoms. The Morgan fingerprint density at radius 3 is 2.75 bits per heavy atom. The molecule has 2 N–H and O–H groups in total. The van der Waals surface area contributed by atoms with Crippen LogP contribution < -0.4 is 11.4 Å². The molecule has 0 saturated carbocycles. The number of hydroxylamine groups is 2. The van der Waals surface area contributed by atoms with Crippen LogP contribution in [-0.4, -0.2) is 21.7 Å². The van der Waals surface area contributed by atoms with E-state index in [9.17, 15) is 4.79 Å². The molecule has 2 atom stereocenters. The first-order chi connectivity index (χ1) is 9.65. The summed E-state index contributed by atoms with van der Waals surface area (Å²) in [5, 5.41) is 1.78. The van der Waals surface area contributed by atoms with Gasteiger partial charge in [0.1, 0.15) is 5.82 Å². The van der Waals surface area contributed by atoms with Gasteiger partial charge in [0.25, 0.3) is 0 Å². The van der Waals surface area contributed by atoms with E-state index in [-0.39, 0.29) is 18.1 Å². The van der Waals surface area contributed by atoms with Gasteiger partial charge in [-0.15, -0.1) is 0 Å². The summed E-state index contributed by atoms with van der Waals surface area (Å²) >= 11 is 0. The highest BCUT2D eigenvalue weighted by Gasteiger charge is 2.33. The van der Waals surface area contributed by atoms with Crippen molar-refractivity contribution in [3.05, 3.63) is 58.6 Å². The van der Waals surface area contributed by atoms with Gasteiger partial charge in [0.15, 0.2) is 6.23 Å². The van der Waals surface area contributed by atoms with E-state index < -0.39 is 5.69 Å². The summed E-state index contributed by atoms with van der Waals surface area (Å²) < 4.78 is 1.47. The molecule has 1 saturated heterocycles. The zero-order valence-electron chi connectivity index (χ0n) is 11.1. The molecular formula is C14H16N4O2. The molecular weight excluding hydrogens is 256 g/mol. The lowest BCUT2D eigenvalue weighted by Crippen LogP contribution is -2.27. The van der Waals surface area contributed by atoms with Crippen LogP contribution in [0.4, 0.5) is 5.82 Å². The number of rotatable bonds is 2. The Labute approximate surface area is 116 Å². The van der Waals surface area contributed by atoms with Gasteiger partial charge in [-0.2, -0.15) is 10.0 Å². The molecule has 0 radical (unpaired) electrons. The summed E-state index contributed by atoms with van der Waals surface area (Å²) in [6.45, 7) is 0. The number of nitrogens with two attached hydrogens (primary N) is 1. The van der Waals surface area contributed by atoms with E-state index in [1.807, 2.05) is 25.2 Å². The summed E-state index contributed by atoms with van der Waals surface area (Å²) in [5.41, 5.74) is 6.27. The maximum atomic E-state index is 11.9. The van der Waals surface area contributed by atoms with Crippen LogP contribution >= 0.6 is 0 Å². The van der Waals surface area contributed by atoms with Crippen LogP contribution in [0.25, 0.3) is 0 Å². The molecule has 1 aliphatic heterocycles. The normalized spacial score (nSPS) is 23.1. The summed E-state index contributed by atoms with van der Waals surface area (Å²) in [6.07, 6.45) is 1.95. The van der Waals surface area contributed by atoms with Gasteiger partial charge in [-0.25, -0.2) is 4.79 Å². The zero-order valence-corrected chi connectivity index (χ0v) is 11.1. The molecule has 1 fully saturated rings. The average Bonchev–Trinajstić information content (AvgIpc) is 2.81. The first kappa shape index (κ1) is 12.8. The van der Waals surface area contributed by atoms with Crippen molar-refractivity contribution in [3.8, 4) is 0 Å². The van der Waals surface area contributed by atoms with Crippen molar-refractivity contribution in [1.29, 1.82) is 0 Å². The standard InChI is InChI=1S/C14H16N4O2/c1-17-11(10-5-3-2-4-6-10)9-13(20-17)18-8-7-12(15)16-14(18)19/h2-8,11,13H,9H2,1H3,(H2,15,16,19)/t11-,13+/m0/s1. The van der Waals surface area contributed by atoms with E-state index in [0.29, 0.717) is 6.42 Å². The fourth-order valence-corrected chi connectivity index (χ4v) is 2.48. The minimum atomic E-state index is -0.392. The van der Waals surface area contributed by atoms with E-state index in [0.717, 1.165) is 5.56 Å². The van der Waals surface area contributed by atoms with Crippen molar-refractivity contribution >= 4 is 5.82 Å². The smallest absolute Gasteiger partial charge is 0.351 e. The monoisotopic (exact) mass is 272 g/mol. The second-order valence-corrected chi connectivity index (χ2v) is 4.81. The number of aromatic nitrogens is 2. The van der Waals surface area contributed by atoms with Crippen LogP contribution in [0.2, 0.25) is 0 Å². The number of nitrogens with zero attached hydrogens (tertiary/aromatic N) is 3. The van der Waals surface area contributed by atoms with Crippen molar-refractivity contribution in [3.63, 3.8) is 0 Å². The van der Waals surface area contributed by atoms with Gasteiger partial charge in [-0.05, 0) is 11.6 Å². The molecule has 1 aromatic carbocycles. The Balaban J connectivity index is 1.87. The van der Waals surface area contributed by atoms with Crippen LogP contribution in [0.5, 0.6) is 0 Å². The predicted molar refractivity (Wildman–Crippen MR) is 74.6 cm³/mol. The predicted octanol–water partition coefficient (Wildman–Crippen LogP) is 1.33. The van der Waals surface area contributed by atoms with Gasteiger partial charge in [0.05, 0.1) is 6.04 Å². The SMILES string of the molecule is CN1O[C@@H](n2ccc(N)nc2=O)C[C@H]1c1ccccc1. The van der Waals surface area contributed by atoms with E-state index in [2.05, 4.69) is 17.1 Å². The fraction of sp³-hybridized carbons (Fsp3) is 0.286. The summed E-state index contributed by atoms with van der Waals surface area (Å²) in [5.74, 6) is 0.220. The van der Waals surface area contributed by atoms with Crippen LogP contribution in [0, 0.1) is 0 Å². The molecule has 1 aromatic heterocycles. The Morgan fingerprint density at radius 1 is 1.30 bits per heavy atom. The Kier molecular flexibility index (Phi) is 3.25.